The van der Waals surface area contributed by atoms with Gasteiger partial charge in [-0.15, -0.1) is 0 Å². The lowest BCUT2D eigenvalue weighted by atomic mass is 10.1. The van der Waals surface area contributed by atoms with E-state index in [4.69, 9.17) is 0 Å². The van der Waals surface area contributed by atoms with Crippen molar-refractivity contribution in [1.29, 1.82) is 0 Å². The highest BCUT2D eigenvalue weighted by molar-refractivity contribution is 5.81. The largest absolute Gasteiger partial charge is 0.471 e. The normalized spacial score (nSPS) is 10.2. The zero-order chi connectivity index (χ0) is 19.8. The number of unbranched alkanes of at least 4 members (excludes halogenated alkanes) is 4. The third-order valence-corrected chi connectivity index (χ3v) is 3.50. The molecular weight excluding hydrogens is 339 g/mol. The molecule has 146 valence electrons. The molecule has 0 bridgehead atoms. The number of rotatable bonds is 8. The van der Waals surface area contributed by atoms with E-state index >= 15 is 0 Å². The molecule has 0 spiro atoms. The van der Waals surface area contributed by atoms with Crippen molar-refractivity contribution in [3.8, 4) is 11.8 Å². The highest BCUT2D eigenvalue weighted by Crippen LogP contribution is 2.14. The molecule has 1 amide bonds. The quantitative estimate of drug-likeness (QED) is 0.466. The van der Waals surface area contributed by atoms with Crippen LogP contribution >= 0.6 is 0 Å². The van der Waals surface area contributed by atoms with Crippen LogP contribution in [0, 0.1) is 11.8 Å². The van der Waals surface area contributed by atoms with E-state index in [0.717, 1.165) is 24.0 Å². The zero-order valence-electron chi connectivity index (χ0n) is 16.0. The van der Waals surface area contributed by atoms with Gasteiger partial charge in [-0.05, 0) is 37.0 Å². The fourth-order valence-electron chi connectivity index (χ4n) is 2.20. The Bertz CT molecular complexity index is 571. The minimum Gasteiger partial charge on any atom is -0.348 e. The number of aryl methyl sites for hydroxylation is 1. The molecule has 1 aromatic rings. The molecule has 0 aromatic heterocycles. The van der Waals surface area contributed by atoms with Gasteiger partial charge in [-0.25, -0.2) is 0 Å². The Morgan fingerprint density at radius 2 is 1.85 bits per heavy atom. The minimum atomic E-state index is -4.81. The molecule has 0 aliphatic carbocycles. The maximum Gasteiger partial charge on any atom is 0.471 e. The lowest BCUT2D eigenvalue weighted by Gasteiger charge is -2.07. The summed E-state index contributed by atoms with van der Waals surface area (Å²) in [5.74, 6) is 4.39. The molecular formula is C21H30F3NO. The van der Waals surface area contributed by atoms with Crippen molar-refractivity contribution >= 4 is 5.91 Å². The van der Waals surface area contributed by atoms with Gasteiger partial charge >= 0.3 is 12.1 Å². The first-order valence-corrected chi connectivity index (χ1v) is 9.36. The summed E-state index contributed by atoms with van der Waals surface area (Å²) < 4.78 is 36.1. The van der Waals surface area contributed by atoms with Gasteiger partial charge in [0.05, 0.1) is 0 Å². The molecule has 2 nitrogen and oxygen atoms in total. The Morgan fingerprint density at radius 3 is 2.50 bits per heavy atom. The molecule has 0 saturated heterocycles. The summed E-state index contributed by atoms with van der Waals surface area (Å²) in [6.07, 6.45) is 1.88. The Labute approximate surface area is 155 Å². The molecule has 1 N–H and O–H groups in total. The van der Waals surface area contributed by atoms with E-state index in [0.29, 0.717) is 12.8 Å². The van der Waals surface area contributed by atoms with Gasteiger partial charge in [-0.3, -0.25) is 4.79 Å². The predicted octanol–water partition coefficient (Wildman–Crippen LogP) is 5.65. The van der Waals surface area contributed by atoms with Crippen molar-refractivity contribution in [2.75, 3.05) is 6.54 Å². The van der Waals surface area contributed by atoms with Crippen LogP contribution in [0.25, 0.3) is 0 Å². The Balaban J connectivity index is 0.00000301. The van der Waals surface area contributed by atoms with Crippen LogP contribution in [0.4, 0.5) is 13.2 Å². The molecule has 0 saturated carbocycles. The fraction of sp³-hybridized carbons (Fsp3) is 0.571. The third-order valence-electron chi connectivity index (χ3n) is 3.50. The van der Waals surface area contributed by atoms with Crippen molar-refractivity contribution in [2.45, 2.75) is 71.9 Å². The van der Waals surface area contributed by atoms with Crippen LogP contribution in [0.2, 0.25) is 0 Å². The Morgan fingerprint density at radius 1 is 1.12 bits per heavy atom. The molecule has 5 heteroatoms. The van der Waals surface area contributed by atoms with Gasteiger partial charge in [0.15, 0.2) is 0 Å². The second kappa shape index (κ2) is 14.2. The molecule has 0 aliphatic heterocycles. The monoisotopic (exact) mass is 369 g/mol. The number of halogens is 3. The van der Waals surface area contributed by atoms with Crippen molar-refractivity contribution in [3.63, 3.8) is 0 Å². The Kier molecular flexibility index (Phi) is 13.2. The van der Waals surface area contributed by atoms with Crippen LogP contribution in [0.1, 0.15) is 70.4 Å². The van der Waals surface area contributed by atoms with E-state index in [1.54, 1.807) is 0 Å². The number of carbonyl (C=O) groups is 1. The fourth-order valence-corrected chi connectivity index (χ4v) is 2.20. The van der Waals surface area contributed by atoms with Gasteiger partial charge in [-0.1, -0.05) is 64.0 Å². The van der Waals surface area contributed by atoms with Crippen LogP contribution in [-0.2, 0) is 11.2 Å². The molecule has 1 aromatic carbocycles. The summed E-state index contributed by atoms with van der Waals surface area (Å²) in [5.41, 5.74) is 1.93. The van der Waals surface area contributed by atoms with Crippen molar-refractivity contribution in [3.05, 3.63) is 35.4 Å². The number of nitrogens with one attached hydrogen (secondary N) is 1. The second-order valence-electron chi connectivity index (χ2n) is 5.67. The number of benzene rings is 1. The topological polar surface area (TPSA) is 29.1 Å². The van der Waals surface area contributed by atoms with Crippen LogP contribution in [0.15, 0.2) is 24.3 Å². The van der Waals surface area contributed by atoms with E-state index in [1.165, 1.54) is 19.3 Å². The van der Waals surface area contributed by atoms with E-state index in [1.807, 2.05) is 43.4 Å². The summed E-state index contributed by atoms with van der Waals surface area (Å²) >= 11 is 0. The van der Waals surface area contributed by atoms with E-state index in [2.05, 4.69) is 18.8 Å². The molecule has 0 radical (unpaired) electrons. The summed E-state index contributed by atoms with van der Waals surface area (Å²) in [7, 11) is 0. The number of amides is 1. The van der Waals surface area contributed by atoms with Crippen molar-refractivity contribution in [2.24, 2.45) is 0 Å². The van der Waals surface area contributed by atoms with E-state index < -0.39 is 12.1 Å². The SMILES string of the molecule is CC.CCCCCCC#Cc1cccc(CCCNC(=O)C(F)(F)F)c1. The molecule has 0 heterocycles. The number of carbonyl (C=O) groups excluding carboxylic acids is 1. The second-order valence-corrected chi connectivity index (χ2v) is 5.67. The van der Waals surface area contributed by atoms with Gasteiger partial charge in [0.2, 0.25) is 0 Å². The van der Waals surface area contributed by atoms with Gasteiger partial charge in [0, 0.05) is 18.5 Å². The minimum absolute atomic E-state index is 0.00563. The van der Waals surface area contributed by atoms with Gasteiger partial charge in [0.25, 0.3) is 0 Å². The summed E-state index contributed by atoms with van der Waals surface area (Å²) in [5, 5.41) is 1.87. The molecule has 0 fully saturated rings. The molecule has 0 aliphatic rings. The smallest absolute Gasteiger partial charge is 0.348 e. The third kappa shape index (κ3) is 11.6. The number of hydrogen-bond acceptors (Lipinski definition) is 1. The maximum absolute atomic E-state index is 12.0. The first-order chi connectivity index (χ1) is 12.4. The summed E-state index contributed by atoms with van der Waals surface area (Å²) in [6.45, 7) is 6.18. The average Bonchev–Trinajstić information content (AvgIpc) is 2.63. The lowest BCUT2D eigenvalue weighted by Crippen LogP contribution is -2.37. The van der Waals surface area contributed by atoms with Gasteiger partial charge < -0.3 is 5.32 Å². The van der Waals surface area contributed by atoms with Crippen molar-refractivity contribution < 1.29 is 18.0 Å². The van der Waals surface area contributed by atoms with Gasteiger partial charge in [-0.2, -0.15) is 13.2 Å². The first kappa shape index (κ1) is 24.0. The zero-order valence-corrected chi connectivity index (χ0v) is 16.0. The lowest BCUT2D eigenvalue weighted by molar-refractivity contribution is -0.173. The van der Waals surface area contributed by atoms with Gasteiger partial charge in [0.1, 0.15) is 0 Å². The van der Waals surface area contributed by atoms with Crippen LogP contribution in [0.3, 0.4) is 0 Å². The van der Waals surface area contributed by atoms with E-state index in [9.17, 15) is 18.0 Å². The standard InChI is InChI=1S/C19H24F3NO.C2H6/c1-2-3-4-5-6-7-10-16-11-8-12-17(15-16)13-9-14-23-18(24)19(20,21)22;1-2/h8,11-12,15H,2-6,9,13-14H2,1H3,(H,23,24);1-2H3. The molecule has 26 heavy (non-hydrogen) atoms. The predicted molar refractivity (Wildman–Crippen MR) is 101 cm³/mol. The van der Waals surface area contributed by atoms with Crippen LogP contribution < -0.4 is 5.32 Å². The van der Waals surface area contributed by atoms with E-state index in [-0.39, 0.29) is 6.54 Å². The summed E-state index contributed by atoms with van der Waals surface area (Å²) in [6, 6.07) is 7.68. The maximum atomic E-state index is 12.0. The van der Waals surface area contributed by atoms with Crippen LogP contribution in [0.5, 0.6) is 0 Å². The molecule has 1 rings (SSSR count). The summed E-state index contributed by atoms with van der Waals surface area (Å²) in [4.78, 5) is 10.7. The van der Waals surface area contributed by atoms with Crippen LogP contribution in [-0.4, -0.2) is 18.6 Å². The molecule has 0 atom stereocenters. The number of hydrogen-bond donors (Lipinski definition) is 1. The Hall–Kier alpha value is -1.96. The highest BCUT2D eigenvalue weighted by Gasteiger charge is 2.38. The average molecular weight is 369 g/mol. The first-order valence-electron chi connectivity index (χ1n) is 9.36. The number of alkyl halides is 3. The van der Waals surface area contributed by atoms with Crippen molar-refractivity contribution in [1.82, 2.24) is 5.32 Å². The molecule has 0 unspecified atom stereocenters. The highest BCUT2D eigenvalue weighted by atomic mass is 19.4.